The third-order valence-corrected chi connectivity index (χ3v) is 9.74. The number of esters is 1. The summed E-state index contributed by atoms with van der Waals surface area (Å²) in [4.78, 5) is 12.1. The van der Waals surface area contributed by atoms with E-state index < -0.39 is 11.5 Å². The van der Waals surface area contributed by atoms with E-state index >= 15 is 0 Å². The Labute approximate surface area is 182 Å². The van der Waals surface area contributed by atoms with Gasteiger partial charge in [0.1, 0.15) is 6.10 Å². The lowest BCUT2D eigenvalue weighted by Gasteiger charge is -2.59. The van der Waals surface area contributed by atoms with Crippen LogP contribution in [-0.2, 0) is 14.3 Å². The van der Waals surface area contributed by atoms with E-state index in [1.807, 2.05) is 0 Å². The Kier molecular flexibility index (Phi) is 5.95. The standard InChI is InChI=1S/C23H35BrO5/c1-4-19(27)29-21-17(24)11-16-20-15(6-8-23(16,21)12-25)22(2)7-5-14(28-3)9-13(22)10-18(20)26/h10,14-18,20-21,25-26H,4-9,11-12H2,1-3H3/t14-,15?,16?,17+,18-,20?,21-,22-,23+/m0/s1. The summed E-state index contributed by atoms with van der Waals surface area (Å²) in [7, 11) is 1.78. The molecule has 0 bridgehead atoms. The number of carbonyl (C=O) groups excluding carboxylic acids is 1. The molecule has 0 heterocycles. The van der Waals surface area contributed by atoms with Crippen LogP contribution in [0.3, 0.4) is 0 Å². The fourth-order valence-electron chi connectivity index (χ4n) is 7.26. The molecular formula is C23H35BrO5. The van der Waals surface area contributed by atoms with Crippen molar-refractivity contribution in [3.63, 3.8) is 0 Å². The van der Waals surface area contributed by atoms with Crippen LogP contribution in [0.2, 0.25) is 0 Å². The number of aliphatic hydroxyl groups is 2. The number of aliphatic hydroxyl groups excluding tert-OH is 2. The Hall–Kier alpha value is -0.430. The Balaban J connectivity index is 1.68. The summed E-state index contributed by atoms with van der Waals surface area (Å²) in [5.74, 6) is 0.399. The molecule has 164 valence electrons. The van der Waals surface area contributed by atoms with Gasteiger partial charge in [0.2, 0.25) is 0 Å². The van der Waals surface area contributed by atoms with Crippen molar-refractivity contribution in [1.29, 1.82) is 0 Å². The van der Waals surface area contributed by atoms with E-state index in [0.29, 0.717) is 12.3 Å². The molecule has 0 spiro atoms. The second-order valence-corrected chi connectivity index (χ2v) is 11.1. The molecule has 0 aromatic rings. The predicted octanol–water partition coefficient (Wildman–Crippen LogP) is 3.60. The van der Waals surface area contributed by atoms with Gasteiger partial charge in [0.15, 0.2) is 0 Å². The van der Waals surface area contributed by atoms with Crippen molar-refractivity contribution in [2.24, 2.45) is 28.6 Å². The Morgan fingerprint density at radius 3 is 2.72 bits per heavy atom. The highest BCUT2D eigenvalue weighted by Crippen LogP contribution is 2.66. The molecule has 4 aliphatic carbocycles. The highest BCUT2D eigenvalue weighted by atomic mass is 79.9. The Bertz CT molecular complexity index is 680. The monoisotopic (exact) mass is 470 g/mol. The molecule has 4 rings (SSSR count). The maximum atomic E-state index is 12.1. The normalized spacial score (nSPS) is 48.9. The Morgan fingerprint density at radius 2 is 2.07 bits per heavy atom. The first-order valence-electron chi connectivity index (χ1n) is 11.2. The predicted molar refractivity (Wildman–Crippen MR) is 114 cm³/mol. The smallest absolute Gasteiger partial charge is 0.305 e. The van der Waals surface area contributed by atoms with E-state index in [9.17, 15) is 15.0 Å². The Morgan fingerprint density at radius 1 is 1.31 bits per heavy atom. The lowest BCUT2D eigenvalue weighted by Crippen LogP contribution is -2.57. The third kappa shape index (κ3) is 3.24. The average Bonchev–Trinajstić information content (AvgIpc) is 3.00. The maximum Gasteiger partial charge on any atom is 0.305 e. The molecule has 0 aromatic heterocycles. The SMILES string of the molecule is CCC(=O)O[C@H]1[C@H](Br)CC2C3C(CC[C@@]21CO)[C@@]1(C)CC[C@H](OC)CC1=C[C@@H]3O. The minimum absolute atomic E-state index is 0.00357. The van der Waals surface area contributed by atoms with E-state index in [-0.39, 0.29) is 46.9 Å². The average molecular weight is 471 g/mol. The molecule has 0 amide bonds. The van der Waals surface area contributed by atoms with Gasteiger partial charge in [0, 0.05) is 18.9 Å². The molecule has 6 heteroatoms. The molecule has 2 N–H and O–H groups in total. The molecule has 9 atom stereocenters. The maximum absolute atomic E-state index is 12.1. The summed E-state index contributed by atoms with van der Waals surface area (Å²) < 4.78 is 11.5. The van der Waals surface area contributed by atoms with Crippen LogP contribution in [0.4, 0.5) is 0 Å². The lowest BCUT2D eigenvalue weighted by atomic mass is 9.47. The molecule has 5 nitrogen and oxygen atoms in total. The fourth-order valence-corrected chi connectivity index (χ4v) is 8.30. The number of alkyl halides is 1. The number of hydrogen-bond donors (Lipinski definition) is 2. The summed E-state index contributed by atoms with van der Waals surface area (Å²) in [5.41, 5.74) is 0.968. The van der Waals surface area contributed by atoms with Crippen LogP contribution in [0.1, 0.15) is 58.8 Å². The molecule has 0 aromatic carbocycles. The van der Waals surface area contributed by atoms with Crippen molar-refractivity contribution in [3.05, 3.63) is 11.6 Å². The second-order valence-electron chi connectivity index (χ2n) is 9.94. The van der Waals surface area contributed by atoms with Crippen LogP contribution in [-0.4, -0.2) is 53.0 Å². The number of methoxy groups -OCH3 is 1. The molecule has 0 saturated heterocycles. The van der Waals surface area contributed by atoms with Crippen molar-refractivity contribution < 1.29 is 24.5 Å². The van der Waals surface area contributed by atoms with E-state index in [4.69, 9.17) is 9.47 Å². The topological polar surface area (TPSA) is 76.0 Å². The summed E-state index contributed by atoms with van der Waals surface area (Å²) in [5, 5.41) is 21.8. The molecule has 0 radical (unpaired) electrons. The highest BCUT2D eigenvalue weighted by Gasteiger charge is 2.65. The highest BCUT2D eigenvalue weighted by molar-refractivity contribution is 9.09. The fraction of sp³-hybridized carbons (Fsp3) is 0.870. The van der Waals surface area contributed by atoms with Crippen LogP contribution < -0.4 is 0 Å². The van der Waals surface area contributed by atoms with Crippen molar-refractivity contribution in [3.8, 4) is 0 Å². The first-order valence-corrected chi connectivity index (χ1v) is 12.1. The van der Waals surface area contributed by atoms with Gasteiger partial charge in [-0.1, -0.05) is 41.4 Å². The zero-order chi connectivity index (χ0) is 21.0. The summed E-state index contributed by atoms with van der Waals surface area (Å²) in [6.07, 6.45) is 7.46. The van der Waals surface area contributed by atoms with Gasteiger partial charge in [-0.15, -0.1) is 0 Å². The molecule has 3 fully saturated rings. The minimum atomic E-state index is -0.518. The number of hydrogen-bond acceptors (Lipinski definition) is 5. The number of carbonyl (C=O) groups is 1. The van der Waals surface area contributed by atoms with Gasteiger partial charge in [0.05, 0.1) is 23.6 Å². The molecule has 3 saturated carbocycles. The van der Waals surface area contributed by atoms with Crippen LogP contribution in [0.5, 0.6) is 0 Å². The van der Waals surface area contributed by atoms with Crippen LogP contribution in [0, 0.1) is 28.6 Å². The number of halogens is 1. The van der Waals surface area contributed by atoms with Gasteiger partial charge in [-0.05, 0) is 61.7 Å². The number of ether oxygens (including phenoxy) is 2. The van der Waals surface area contributed by atoms with Crippen molar-refractivity contribution in [1.82, 2.24) is 0 Å². The van der Waals surface area contributed by atoms with Crippen LogP contribution in [0.25, 0.3) is 0 Å². The first-order chi connectivity index (χ1) is 13.8. The van der Waals surface area contributed by atoms with Crippen molar-refractivity contribution >= 4 is 21.9 Å². The van der Waals surface area contributed by atoms with Crippen molar-refractivity contribution in [2.75, 3.05) is 13.7 Å². The minimum Gasteiger partial charge on any atom is -0.460 e. The van der Waals surface area contributed by atoms with Gasteiger partial charge in [-0.2, -0.15) is 0 Å². The lowest BCUT2D eigenvalue weighted by molar-refractivity contribution is -0.168. The van der Waals surface area contributed by atoms with Gasteiger partial charge in [-0.3, -0.25) is 4.79 Å². The summed E-state index contributed by atoms with van der Waals surface area (Å²) in [6.45, 7) is 4.17. The zero-order valence-corrected chi connectivity index (χ0v) is 19.4. The van der Waals surface area contributed by atoms with Crippen LogP contribution >= 0.6 is 15.9 Å². The van der Waals surface area contributed by atoms with Gasteiger partial charge < -0.3 is 19.7 Å². The molecule has 29 heavy (non-hydrogen) atoms. The molecule has 4 aliphatic rings. The quantitative estimate of drug-likeness (QED) is 0.372. The van der Waals surface area contributed by atoms with Gasteiger partial charge in [-0.25, -0.2) is 0 Å². The number of rotatable bonds is 4. The summed E-state index contributed by atoms with van der Waals surface area (Å²) in [6, 6.07) is 0. The van der Waals surface area contributed by atoms with Gasteiger partial charge in [0.25, 0.3) is 0 Å². The molecular weight excluding hydrogens is 436 g/mol. The van der Waals surface area contributed by atoms with E-state index in [1.54, 1.807) is 14.0 Å². The summed E-state index contributed by atoms with van der Waals surface area (Å²) >= 11 is 3.76. The van der Waals surface area contributed by atoms with E-state index in [0.717, 1.165) is 38.5 Å². The molecule has 3 unspecified atom stereocenters. The van der Waals surface area contributed by atoms with E-state index in [2.05, 4.69) is 28.9 Å². The van der Waals surface area contributed by atoms with Gasteiger partial charge >= 0.3 is 5.97 Å². The van der Waals surface area contributed by atoms with Crippen molar-refractivity contribution in [2.45, 2.75) is 81.9 Å². The zero-order valence-electron chi connectivity index (χ0n) is 17.8. The first kappa shape index (κ1) is 21.8. The number of fused-ring (bicyclic) bond motifs is 5. The third-order valence-electron chi connectivity index (χ3n) is 8.89. The van der Waals surface area contributed by atoms with Crippen LogP contribution in [0.15, 0.2) is 11.6 Å². The second kappa shape index (κ2) is 7.92. The molecule has 0 aliphatic heterocycles. The largest absolute Gasteiger partial charge is 0.460 e. The van der Waals surface area contributed by atoms with E-state index in [1.165, 1.54) is 5.57 Å².